The maximum absolute atomic E-state index is 4.32. The van der Waals surface area contributed by atoms with E-state index in [9.17, 15) is 0 Å². The largest absolute Gasteiger partial charge is 2.00 e. The van der Waals surface area contributed by atoms with Crippen molar-refractivity contribution in [1.82, 2.24) is 0 Å². The van der Waals surface area contributed by atoms with Gasteiger partial charge < -0.3 is 4.99 Å². The van der Waals surface area contributed by atoms with Gasteiger partial charge in [0.05, 0.1) is 0 Å². The summed E-state index contributed by atoms with van der Waals surface area (Å²) >= 11 is 0. The van der Waals surface area contributed by atoms with Crippen LogP contribution in [0.25, 0.3) is 0 Å². The molecule has 0 bridgehead atoms. The zero-order chi connectivity index (χ0) is 11.4. The Kier molecular flexibility index (Phi) is 5.18. The zero-order valence-corrected chi connectivity index (χ0v) is 12.6. The molecule has 0 spiro atoms. The van der Waals surface area contributed by atoms with Gasteiger partial charge in [0.2, 0.25) is 0 Å². The fourth-order valence-corrected chi connectivity index (χ4v) is 1.44. The van der Waals surface area contributed by atoms with Gasteiger partial charge in [-0.2, -0.15) is 18.6 Å². The van der Waals surface area contributed by atoms with Gasteiger partial charge >= 0.3 is 21.1 Å². The van der Waals surface area contributed by atoms with Crippen molar-refractivity contribution in [3.63, 3.8) is 0 Å². The second kappa shape index (κ2) is 6.42. The molecule has 0 amide bonds. The molecule has 0 aliphatic rings. The van der Waals surface area contributed by atoms with E-state index in [1.807, 2.05) is 55.5 Å². The molecule has 84 valence electrons. The van der Waals surface area contributed by atoms with Crippen LogP contribution in [-0.2, 0) is 21.1 Å². The molecule has 0 aliphatic carbocycles. The van der Waals surface area contributed by atoms with Crippen LogP contribution in [0, 0.1) is 13.8 Å². The maximum Gasteiger partial charge on any atom is 2.00 e. The van der Waals surface area contributed by atoms with Crippen molar-refractivity contribution in [3.8, 4) is 0 Å². The smallest absolute Gasteiger partial charge is 0.353 e. The minimum atomic E-state index is 0. The number of hydrogen-bond acceptors (Lipinski definition) is 1. The molecule has 0 unspecified atom stereocenters. The minimum absolute atomic E-state index is 0. The molecule has 1 nitrogen and oxygen atoms in total. The number of hydrogen-bond donors (Lipinski definition) is 0. The van der Waals surface area contributed by atoms with Gasteiger partial charge in [-0.3, -0.25) is 0 Å². The van der Waals surface area contributed by atoms with Crippen LogP contribution in [0.1, 0.15) is 16.7 Å². The third kappa shape index (κ3) is 3.57. The van der Waals surface area contributed by atoms with Gasteiger partial charge in [0.1, 0.15) is 0 Å². The molecule has 2 rings (SSSR count). The minimum Gasteiger partial charge on any atom is -0.353 e. The van der Waals surface area contributed by atoms with Crippen molar-refractivity contribution < 1.29 is 21.1 Å². The van der Waals surface area contributed by atoms with Crippen LogP contribution in [0.3, 0.4) is 0 Å². The molecule has 0 aromatic heterocycles. The third-order valence-electron chi connectivity index (χ3n) is 2.43. The van der Waals surface area contributed by atoms with E-state index in [0.29, 0.717) is 0 Å². The third-order valence-corrected chi connectivity index (χ3v) is 2.43. The Morgan fingerprint density at radius 1 is 1.00 bits per heavy atom. The second-order valence-electron chi connectivity index (χ2n) is 3.67. The van der Waals surface area contributed by atoms with Crippen LogP contribution in [-0.4, -0.2) is 6.21 Å². The average molecular weight is 391 g/mol. The quantitative estimate of drug-likeness (QED) is 0.546. The van der Waals surface area contributed by atoms with Crippen molar-refractivity contribution in [3.05, 3.63) is 72.1 Å². The van der Waals surface area contributed by atoms with Crippen LogP contribution in [0.4, 0.5) is 5.69 Å². The summed E-state index contributed by atoms with van der Waals surface area (Å²) < 4.78 is 0. The zero-order valence-electron chi connectivity index (χ0n) is 9.68. The van der Waals surface area contributed by atoms with E-state index in [1.54, 1.807) is 0 Å². The Balaban J connectivity index is 0.00000144. The number of aryl methyl sites for hydroxylation is 1. The Morgan fingerprint density at radius 3 is 2.35 bits per heavy atom. The molecule has 0 heterocycles. The maximum atomic E-state index is 4.32. The average Bonchev–Trinajstić information content (AvgIpc) is 2.30. The van der Waals surface area contributed by atoms with Gasteiger partial charge in [0.25, 0.3) is 0 Å². The molecule has 0 atom stereocenters. The molecule has 0 fully saturated rings. The van der Waals surface area contributed by atoms with Crippen LogP contribution < -0.4 is 0 Å². The predicted molar refractivity (Wildman–Crippen MR) is 68.3 cm³/mol. The number of aliphatic imine (C=N–C) groups is 1. The SMILES string of the molecule is [CH2-]c1ccccc1N=[C-]c1ccccc1C.[W+2]. The first-order chi connectivity index (χ1) is 7.77. The van der Waals surface area contributed by atoms with E-state index >= 15 is 0 Å². The Labute approximate surface area is 117 Å². The van der Waals surface area contributed by atoms with Crippen molar-refractivity contribution >= 4 is 11.9 Å². The topological polar surface area (TPSA) is 12.4 Å². The summed E-state index contributed by atoms with van der Waals surface area (Å²) in [5.74, 6) is 0. The standard InChI is InChI=1S/C15H13N.W/c1-12-7-3-5-9-14(12)11-16-15-10-6-4-8-13(15)2;/h3-10H,2H2,1H3;/q-2;+2. The number of benzene rings is 2. The molecule has 2 aromatic carbocycles. The summed E-state index contributed by atoms with van der Waals surface area (Å²) in [6.45, 7) is 5.97. The van der Waals surface area contributed by atoms with Gasteiger partial charge in [0, 0.05) is 0 Å². The van der Waals surface area contributed by atoms with Gasteiger partial charge in [-0.15, -0.1) is 35.4 Å². The molecule has 0 saturated heterocycles. The van der Waals surface area contributed by atoms with Crippen molar-refractivity contribution in [2.45, 2.75) is 6.92 Å². The van der Waals surface area contributed by atoms with E-state index < -0.39 is 0 Å². The molecular formula is C15H13NW. The van der Waals surface area contributed by atoms with Crippen LogP contribution >= 0.6 is 0 Å². The summed E-state index contributed by atoms with van der Waals surface area (Å²) in [6, 6.07) is 15.8. The molecule has 2 heteroatoms. The summed E-state index contributed by atoms with van der Waals surface area (Å²) in [4.78, 5) is 4.32. The van der Waals surface area contributed by atoms with E-state index in [4.69, 9.17) is 0 Å². The Morgan fingerprint density at radius 2 is 1.65 bits per heavy atom. The molecule has 0 saturated carbocycles. The second-order valence-corrected chi connectivity index (χ2v) is 3.67. The van der Waals surface area contributed by atoms with Crippen LogP contribution in [0.15, 0.2) is 53.5 Å². The molecule has 0 N–H and O–H groups in total. The molecule has 17 heavy (non-hydrogen) atoms. The molecular weight excluding hydrogens is 378 g/mol. The van der Waals surface area contributed by atoms with Gasteiger partial charge in [-0.05, 0) is 11.9 Å². The fourth-order valence-electron chi connectivity index (χ4n) is 1.44. The molecule has 0 aliphatic heterocycles. The monoisotopic (exact) mass is 391 g/mol. The normalized spacial score (nSPS) is 10.2. The first-order valence-corrected chi connectivity index (χ1v) is 5.21. The van der Waals surface area contributed by atoms with E-state index in [1.165, 1.54) is 5.56 Å². The van der Waals surface area contributed by atoms with E-state index in [2.05, 4.69) is 18.1 Å². The van der Waals surface area contributed by atoms with E-state index in [-0.39, 0.29) is 21.1 Å². The van der Waals surface area contributed by atoms with Crippen molar-refractivity contribution in [1.29, 1.82) is 0 Å². The molecule has 0 radical (unpaired) electrons. The molecule has 2 aromatic rings. The fraction of sp³-hybridized carbons (Fsp3) is 0.0667. The predicted octanol–water partition coefficient (Wildman–Crippen LogP) is 3.80. The number of para-hydroxylation sites is 1. The Bertz CT molecular complexity index is 470. The summed E-state index contributed by atoms with van der Waals surface area (Å²) in [5.41, 5.74) is 3.98. The first-order valence-electron chi connectivity index (χ1n) is 5.21. The number of rotatable bonds is 2. The van der Waals surface area contributed by atoms with Gasteiger partial charge in [-0.25, -0.2) is 0 Å². The Hall–Kier alpha value is -1.33. The summed E-state index contributed by atoms with van der Waals surface area (Å²) in [6.07, 6.45) is 3.06. The first kappa shape index (κ1) is 13.7. The van der Waals surface area contributed by atoms with Crippen molar-refractivity contribution in [2.75, 3.05) is 0 Å². The summed E-state index contributed by atoms with van der Waals surface area (Å²) in [7, 11) is 0. The van der Waals surface area contributed by atoms with Gasteiger partial charge in [-0.1, -0.05) is 25.1 Å². The summed E-state index contributed by atoms with van der Waals surface area (Å²) in [5, 5.41) is 0. The van der Waals surface area contributed by atoms with E-state index in [0.717, 1.165) is 16.8 Å². The van der Waals surface area contributed by atoms with Crippen LogP contribution in [0.2, 0.25) is 0 Å². The van der Waals surface area contributed by atoms with Crippen LogP contribution in [0.5, 0.6) is 0 Å². The van der Waals surface area contributed by atoms with Crippen molar-refractivity contribution in [2.24, 2.45) is 4.99 Å². The van der Waals surface area contributed by atoms with Gasteiger partial charge in [0.15, 0.2) is 0 Å². The number of nitrogens with zero attached hydrogens (tertiary/aromatic N) is 1.